The minimum atomic E-state index is -0.691. The summed E-state index contributed by atoms with van der Waals surface area (Å²) in [5, 5.41) is 3.79. The third-order valence-corrected chi connectivity index (χ3v) is 4.41. The molecule has 10 heteroatoms. The first-order valence-corrected chi connectivity index (χ1v) is 7.93. The van der Waals surface area contributed by atoms with Gasteiger partial charge in [-0.1, -0.05) is 23.2 Å². The van der Waals surface area contributed by atoms with Crippen LogP contribution in [0.4, 0.5) is 10.1 Å². The van der Waals surface area contributed by atoms with Gasteiger partial charge < -0.3 is 10.5 Å². The van der Waals surface area contributed by atoms with E-state index in [1.807, 2.05) is 0 Å². The lowest BCUT2D eigenvalue weighted by molar-refractivity contribution is -0.379. The fraction of sp³-hybridized carbons (Fsp3) is 0.133. The summed E-state index contributed by atoms with van der Waals surface area (Å²) in [6.07, 6.45) is 0. The summed E-state index contributed by atoms with van der Waals surface area (Å²) >= 11 is 17.7. The number of hydrogen-bond acceptors (Lipinski definition) is 4. The number of nitrogen functional groups attached to an aromatic ring is 1. The summed E-state index contributed by atoms with van der Waals surface area (Å²) in [4.78, 5) is 14.7. The quantitative estimate of drug-likeness (QED) is 0.463. The van der Waals surface area contributed by atoms with Crippen molar-refractivity contribution in [3.05, 3.63) is 50.5 Å². The van der Waals surface area contributed by atoms with Crippen LogP contribution < -0.4 is 20.9 Å². The molecule has 2 rings (SSSR count). The number of aromatic nitrogens is 1. The number of hydrazone groups is 1. The van der Waals surface area contributed by atoms with Crippen molar-refractivity contribution in [2.45, 2.75) is 6.92 Å². The molecule has 2 aromatic rings. The highest BCUT2D eigenvalue weighted by Crippen LogP contribution is 2.31. The number of methoxy groups -OCH3 is 1. The molecule has 0 aliphatic rings. The standard InChI is InChI=1S/C15H12Cl3FN4O2/c1-6(7-3-4-9(25-2)8(19)5-7)22-23-15(24)13-10(16)12(20)11(17)14(18)21-13/h3-5H,1-2H3,(H2,20,21)(H,23,24)/p+1/b22-6-. The van der Waals surface area contributed by atoms with Gasteiger partial charge in [0.25, 0.3) is 10.8 Å². The largest absolute Gasteiger partial charge is 0.494 e. The number of carbonyl (C=O) groups is 1. The Balaban J connectivity index is 2.24. The Labute approximate surface area is 157 Å². The topological polar surface area (TPSA) is 90.8 Å². The molecule has 0 bridgehead atoms. The normalized spacial score (nSPS) is 11.4. The van der Waals surface area contributed by atoms with Gasteiger partial charge in [-0.3, -0.25) is 4.79 Å². The van der Waals surface area contributed by atoms with Crippen LogP contribution in [-0.2, 0) is 0 Å². The second-order valence-electron chi connectivity index (χ2n) is 4.84. The van der Waals surface area contributed by atoms with Crippen molar-refractivity contribution in [3.63, 3.8) is 0 Å². The molecular weight excluding hydrogens is 394 g/mol. The lowest BCUT2D eigenvalue weighted by atomic mass is 10.1. The predicted molar refractivity (Wildman–Crippen MR) is 95.1 cm³/mol. The monoisotopic (exact) mass is 405 g/mol. The van der Waals surface area contributed by atoms with Gasteiger partial charge in [-0.05, 0) is 36.7 Å². The number of nitrogens with one attached hydrogen (secondary N) is 2. The average Bonchev–Trinajstić information content (AvgIpc) is 2.60. The van der Waals surface area contributed by atoms with Gasteiger partial charge in [-0.2, -0.15) is 10.1 Å². The minimum Gasteiger partial charge on any atom is -0.494 e. The van der Waals surface area contributed by atoms with E-state index in [1.165, 1.54) is 19.2 Å². The van der Waals surface area contributed by atoms with E-state index in [2.05, 4.69) is 15.5 Å². The Bertz CT molecular complexity index is 874. The van der Waals surface area contributed by atoms with Crippen LogP contribution in [0.2, 0.25) is 15.2 Å². The van der Waals surface area contributed by atoms with E-state index in [1.54, 1.807) is 13.0 Å². The van der Waals surface area contributed by atoms with E-state index in [0.717, 1.165) is 0 Å². The number of halogens is 4. The van der Waals surface area contributed by atoms with Crippen LogP contribution in [0, 0.1) is 5.82 Å². The van der Waals surface area contributed by atoms with Gasteiger partial charge in [0.1, 0.15) is 10.0 Å². The van der Waals surface area contributed by atoms with Crippen molar-refractivity contribution in [1.82, 2.24) is 5.43 Å². The van der Waals surface area contributed by atoms with Crippen LogP contribution >= 0.6 is 34.8 Å². The first-order chi connectivity index (χ1) is 11.8. The van der Waals surface area contributed by atoms with Crippen LogP contribution in [0.1, 0.15) is 23.0 Å². The van der Waals surface area contributed by atoms with Gasteiger partial charge >= 0.3 is 5.91 Å². The molecule has 0 radical (unpaired) electrons. The zero-order valence-electron chi connectivity index (χ0n) is 13.1. The lowest BCUT2D eigenvalue weighted by Crippen LogP contribution is -2.29. The fourth-order valence-electron chi connectivity index (χ4n) is 1.87. The van der Waals surface area contributed by atoms with E-state index < -0.39 is 11.7 Å². The van der Waals surface area contributed by atoms with E-state index >= 15 is 0 Å². The molecule has 1 amide bonds. The number of nitrogens with zero attached hydrogens (tertiary/aromatic N) is 1. The zero-order chi connectivity index (χ0) is 18.7. The Hall–Kier alpha value is -2.09. The second-order valence-corrected chi connectivity index (χ2v) is 5.98. The van der Waals surface area contributed by atoms with Crippen LogP contribution in [-0.4, -0.2) is 18.7 Å². The number of ether oxygens (including phenoxy) is 1. The predicted octanol–water partition coefficient (Wildman–Crippen LogP) is 3.34. The zero-order valence-corrected chi connectivity index (χ0v) is 15.4. The van der Waals surface area contributed by atoms with Crippen molar-refractivity contribution in [1.29, 1.82) is 0 Å². The van der Waals surface area contributed by atoms with E-state index in [0.29, 0.717) is 11.3 Å². The maximum absolute atomic E-state index is 13.7. The van der Waals surface area contributed by atoms with Crippen LogP contribution in [0.15, 0.2) is 23.3 Å². The first-order valence-electron chi connectivity index (χ1n) is 6.80. The molecule has 0 saturated heterocycles. The maximum atomic E-state index is 13.7. The molecule has 132 valence electrons. The van der Waals surface area contributed by atoms with Crippen LogP contribution in [0.3, 0.4) is 0 Å². The summed E-state index contributed by atoms with van der Waals surface area (Å²) in [6, 6.07) is 4.29. The number of hydrogen-bond donors (Lipinski definition) is 2. The van der Waals surface area contributed by atoms with Gasteiger partial charge in [-0.25, -0.2) is 9.82 Å². The molecule has 0 saturated carbocycles. The highest BCUT2D eigenvalue weighted by atomic mass is 35.5. The van der Waals surface area contributed by atoms with Crippen molar-refractivity contribution >= 4 is 52.1 Å². The number of rotatable bonds is 4. The van der Waals surface area contributed by atoms with E-state index in [4.69, 9.17) is 45.3 Å². The SMILES string of the molecule is COc1ccc(/C(C)=N\NC(=O)c2[nH+]c(Cl)c(Cl)c(N)c2Cl)cc1F. The molecule has 0 aliphatic heterocycles. The van der Waals surface area contributed by atoms with E-state index in [9.17, 15) is 9.18 Å². The molecule has 1 aromatic carbocycles. The Morgan fingerprint density at radius 2 is 2.00 bits per heavy atom. The molecule has 1 aromatic heterocycles. The summed E-state index contributed by atoms with van der Waals surface area (Å²) in [6.45, 7) is 1.59. The van der Waals surface area contributed by atoms with Gasteiger partial charge in [-0.15, -0.1) is 0 Å². The lowest BCUT2D eigenvalue weighted by Gasteiger charge is -2.06. The minimum absolute atomic E-state index is 0.0107. The number of anilines is 1. The Morgan fingerprint density at radius 3 is 2.60 bits per heavy atom. The molecule has 0 fully saturated rings. The highest BCUT2D eigenvalue weighted by Gasteiger charge is 2.26. The van der Waals surface area contributed by atoms with Crippen molar-refractivity contribution < 1.29 is 18.9 Å². The number of aromatic amines is 1. The second kappa shape index (κ2) is 7.86. The number of amides is 1. The van der Waals surface area contributed by atoms with Crippen LogP contribution in [0.5, 0.6) is 5.75 Å². The molecule has 6 nitrogen and oxygen atoms in total. The molecule has 25 heavy (non-hydrogen) atoms. The average molecular weight is 407 g/mol. The first kappa shape index (κ1) is 19.2. The van der Waals surface area contributed by atoms with Gasteiger partial charge in [0, 0.05) is 5.56 Å². The summed E-state index contributed by atoms with van der Waals surface area (Å²) < 4.78 is 18.6. The molecule has 0 atom stereocenters. The number of nitrogens with two attached hydrogens (primary N) is 1. The fourth-order valence-corrected chi connectivity index (χ4v) is 2.49. The third kappa shape index (κ3) is 4.12. The molecule has 1 heterocycles. The number of pyridine rings is 1. The van der Waals surface area contributed by atoms with Crippen molar-refractivity contribution in [2.75, 3.05) is 12.8 Å². The summed E-state index contributed by atoms with van der Waals surface area (Å²) in [7, 11) is 1.36. The Kier molecular flexibility index (Phi) is 6.05. The van der Waals surface area contributed by atoms with E-state index in [-0.39, 0.29) is 32.3 Å². The van der Waals surface area contributed by atoms with Crippen molar-refractivity contribution in [3.8, 4) is 5.75 Å². The molecule has 0 aliphatic carbocycles. The molecule has 4 N–H and O–H groups in total. The van der Waals surface area contributed by atoms with Gasteiger partial charge in [0.15, 0.2) is 11.6 Å². The van der Waals surface area contributed by atoms with Gasteiger partial charge in [0.05, 0.1) is 18.5 Å². The van der Waals surface area contributed by atoms with Gasteiger partial charge in [0.2, 0.25) is 0 Å². The molecular formula is C15H13Cl3FN4O2+. The summed E-state index contributed by atoms with van der Waals surface area (Å²) in [5.74, 6) is -1.13. The number of carbonyl (C=O) groups excluding carboxylic acids is 1. The maximum Gasteiger partial charge on any atom is 0.337 e. The van der Waals surface area contributed by atoms with Crippen LogP contribution in [0.25, 0.3) is 0 Å². The summed E-state index contributed by atoms with van der Waals surface area (Å²) in [5.41, 5.74) is 8.64. The Morgan fingerprint density at radius 1 is 1.32 bits per heavy atom. The van der Waals surface area contributed by atoms with Crippen molar-refractivity contribution in [2.24, 2.45) is 5.10 Å². The molecule has 0 unspecified atom stereocenters. The number of H-pyrrole nitrogens is 1. The molecule has 0 spiro atoms. The highest BCUT2D eigenvalue weighted by molar-refractivity contribution is 6.45. The smallest absolute Gasteiger partial charge is 0.337 e. The number of benzene rings is 1. The third-order valence-electron chi connectivity index (χ3n) is 3.24.